The first kappa shape index (κ1) is 14.8. The Morgan fingerprint density at radius 2 is 2.00 bits per heavy atom. The predicted octanol–water partition coefficient (Wildman–Crippen LogP) is 2.90. The molecule has 0 aliphatic carbocycles. The molecule has 6 heteroatoms. The molecule has 1 aromatic rings. The summed E-state index contributed by atoms with van der Waals surface area (Å²) < 4.78 is 20.6. The summed E-state index contributed by atoms with van der Waals surface area (Å²) in [4.78, 5) is 13.6. The molecular formula is C14H22FN3O2. The van der Waals surface area contributed by atoms with Gasteiger partial charge < -0.3 is 9.64 Å². The highest BCUT2D eigenvalue weighted by Crippen LogP contribution is 2.25. The maximum Gasteiger partial charge on any atom is 0.410 e. The van der Waals surface area contributed by atoms with Crippen LogP contribution in [0.4, 0.5) is 9.18 Å². The monoisotopic (exact) mass is 283 g/mol. The average Bonchev–Trinajstić information content (AvgIpc) is 2.68. The van der Waals surface area contributed by atoms with Crippen LogP contribution < -0.4 is 0 Å². The van der Waals surface area contributed by atoms with Crippen LogP contribution in [0, 0.1) is 12.9 Å². The molecular weight excluding hydrogens is 261 g/mol. The maximum absolute atomic E-state index is 13.8. The molecule has 0 N–H and O–H groups in total. The second kappa shape index (κ2) is 5.42. The molecule has 0 bridgehead atoms. The number of nitrogens with zero attached hydrogens (tertiary/aromatic N) is 3. The quantitative estimate of drug-likeness (QED) is 0.796. The Kier molecular flexibility index (Phi) is 4.01. The lowest BCUT2D eigenvalue weighted by atomic mass is 10.1. The molecule has 112 valence electrons. The van der Waals surface area contributed by atoms with Gasteiger partial charge in [-0.1, -0.05) is 0 Å². The number of carbonyl (C=O) groups excluding carboxylic acids is 1. The number of aromatic nitrogens is 2. The minimum atomic E-state index is -0.487. The van der Waals surface area contributed by atoms with E-state index in [0.717, 1.165) is 0 Å². The molecule has 1 fully saturated rings. The number of likely N-dealkylation sites (tertiary alicyclic amines) is 1. The lowest BCUT2D eigenvalue weighted by Gasteiger charge is -2.33. The van der Waals surface area contributed by atoms with Gasteiger partial charge in [-0.05, 0) is 40.5 Å². The van der Waals surface area contributed by atoms with Gasteiger partial charge in [0.05, 0.1) is 12.2 Å². The van der Waals surface area contributed by atoms with Crippen molar-refractivity contribution in [2.24, 2.45) is 0 Å². The Hall–Kier alpha value is -1.59. The first-order valence-electron chi connectivity index (χ1n) is 6.95. The van der Waals surface area contributed by atoms with Crippen molar-refractivity contribution >= 4 is 6.09 Å². The lowest BCUT2D eigenvalue weighted by Crippen LogP contribution is -2.42. The normalized spacial score (nSPS) is 17.4. The van der Waals surface area contributed by atoms with Crippen molar-refractivity contribution in [3.05, 3.63) is 17.7 Å². The average molecular weight is 283 g/mol. The molecule has 5 nitrogen and oxygen atoms in total. The highest BCUT2D eigenvalue weighted by Gasteiger charge is 2.28. The van der Waals surface area contributed by atoms with Gasteiger partial charge in [0.1, 0.15) is 5.60 Å². The number of aryl methyl sites for hydroxylation is 1. The van der Waals surface area contributed by atoms with Gasteiger partial charge in [0.15, 0.2) is 0 Å². The Balaban J connectivity index is 1.93. The Labute approximate surface area is 118 Å². The SMILES string of the molecule is Cc1cnn(C2CCN(C(=O)OC(C)(C)C)CC2)c1F. The number of halogens is 1. The van der Waals surface area contributed by atoms with Crippen LogP contribution in [0.1, 0.15) is 45.2 Å². The zero-order valence-corrected chi connectivity index (χ0v) is 12.5. The molecule has 1 amide bonds. The highest BCUT2D eigenvalue weighted by molar-refractivity contribution is 5.68. The molecule has 0 saturated carbocycles. The Morgan fingerprint density at radius 1 is 1.40 bits per heavy atom. The van der Waals surface area contributed by atoms with Crippen molar-refractivity contribution in [2.45, 2.75) is 52.2 Å². The van der Waals surface area contributed by atoms with Gasteiger partial charge in [-0.2, -0.15) is 9.49 Å². The van der Waals surface area contributed by atoms with Gasteiger partial charge in [-0.25, -0.2) is 9.48 Å². The van der Waals surface area contributed by atoms with Crippen LogP contribution in [0.15, 0.2) is 6.20 Å². The summed E-state index contributed by atoms with van der Waals surface area (Å²) in [5.74, 6) is -0.277. The van der Waals surface area contributed by atoms with Gasteiger partial charge in [0, 0.05) is 18.7 Å². The Morgan fingerprint density at radius 3 is 2.45 bits per heavy atom. The van der Waals surface area contributed by atoms with E-state index in [1.807, 2.05) is 20.8 Å². The van der Waals surface area contributed by atoms with E-state index in [-0.39, 0.29) is 18.1 Å². The summed E-state index contributed by atoms with van der Waals surface area (Å²) in [7, 11) is 0. The second-order valence-corrected chi connectivity index (χ2v) is 6.26. The van der Waals surface area contributed by atoms with Crippen LogP contribution >= 0.6 is 0 Å². The molecule has 0 atom stereocenters. The first-order valence-corrected chi connectivity index (χ1v) is 6.95. The zero-order valence-electron chi connectivity index (χ0n) is 12.5. The van der Waals surface area contributed by atoms with Crippen LogP contribution in [0.5, 0.6) is 0 Å². The van der Waals surface area contributed by atoms with Crippen LogP contribution in [0.2, 0.25) is 0 Å². The number of amides is 1. The summed E-state index contributed by atoms with van der Waals surface area (Å²) in [6, 6.07) is 0.0161. The lowest BCUT2D eigenvalue weighted by molar-refractivity contribution is 0.0181. The van der Waals surface area contributed by atoms with Gasteiger partial charge in [-0.15, -0.1) is 0 Å². The fourth-order valence-electron chi connectivity index (χ4n) is 2.31. The van der Waals surface area contributed by atoms with Crippen molar-refractivity contribution in [2.75, 3.05) is 13.1 Å². The van der Waals surface area contributed by atoms with Crippen LogP contribution in [0.3, 0.4) is 0 Å². The third-order valence-electron chi connectivity index (χ3n) is 3.36. The Bertz CT molecular complexity index is 485. The number of ether oxygens (including phenoxy) is 1. The molecule has 0 spiro atoms. The number of hydrogen-bond donors (Lipinski definition) is 0. The van der Waals surface area contributed by atoms with E-state index in [4.69, 9.17) is 4.74 Å². The molecule has 1 aliphatic rings. The van der Waals surface area contributed by atoms with Crippen LogP contribution in [-0.4, -0.2) is 39.5 Å². The first-order chi connectivity index (χ1) is 9.28. The third kappa shape index (κ3) is 3.29. The summed E-state index contributed by atoms with van der Waals surface area (Å²) >= 11 is 0. The van der Waals surface area contributed by atoms with Crippen molar-refractivity contribution in [3.63, 3.8) is 0 Å². The largest absolute Gasteiger partial charge is 0.444 e. The smallest absolute Gasteiger partial charge is 0.410 e. The maximum atomic E-state index is 13.8. The van der Waals surface area contributed by atoms with Crippen LogP contribution in [0.25, 0.3) is 0 Å². The molecule has 1 aliphatic heterocycles. The second-order valence-electron chi connectivity index (χ2n) is 6.26. The summed E-state index contributed by atoms with van der Waals surface area (Å²) in [5, 5.41) is 4.08. The van der Waals surface area contributed by atoms with Crippen molar-refractivity contribution < 1.29 is 13.9 Å². The number of piperidine rings is 1. The zero-order chi connectivity index (χ0) is 14.9. The van der Waals surface area contributed by atoms with E-state index in [1.54, 1.807) is 11.8 Å². The molecule has 2 rings (SSSR count). The fraction of sp³-hybridized carbons (Fsp3) is 0.714. The van der Waals surface area contributed by atoms with E-state index in [0.29, 0.717) is 31.5 Å². The topological polar surface area (TPSA) is 47.4 Å². The third-order valence-corrected chi connectivity index (χ3v) is 3.36. The van der Waals surface area contributed by atoms with Gasteiger partial charge in [-0.3, -0.25) is 0 Å². The van der Waals surface area contributed by atoms with Crippen molar-refractivity contribution in [1.29, 1.82) is 0 Å². The van der Waals surface area contributed by atoms with E-state index in [2.05, 4.69) is 5.10 Å². The summed E-state index contributed by atoms with van der Waals surface area (Å²) in [6.45, 7) is 8.38. The van der Waals surface area contributed by atoms with Crippen molar-refractivity contribution in [3.8, 4) is 0 Å². The summed E-state index contributed by atoms with van der Waals surface area (Å²) in [5.41, 5.74) is 0.0682. The van der Waals surface area contributed by atoms with Crippen LogP contribution in [-0.2, 0) is 4.74 Å². The predicted molar refractivity (Wildman–Crippen MR) is 73.0 cm³/mol. The minimum Gasteiger partial charge on any atom is -0.444 e. The highest BCUT2D eigenvalue weighted by atomic mass is 19.1. The molecule has 0 aromatic carbocycles. The fourth-order valence-corrected chi connectivity index (χ4v) is 2.31. The number of hydrogen-bond acceptors (Lipinski definition) is 3. The standard InChI is InChI=1S/C14H22FN3O2/c1-10-9-16-18(12(10)15)11-5-7-17(8-6-11)13(19)20-14(2,3)4/h9,11H,5-8H2,1-4H3. The van der Waals surface area contributed by atoms with E-state index in [9.17, 15) is 9.18 Å². The van der Waals surface area contributed by atoms with E-state index in [1.165, 1.54) is 10.9 Å². The molecule has 1 saturated heterocycles. The van der Waals surface area contributed by atoms with Gasteiger partial charge >= 0.3 is 6.09 Å². The van der Waals surface area contributed by atoms with Gasteiger partial charge in [0.25, 0.3) is 0 Å². The minimum absolute atomic E-state index is 0.0161. The molecule has 0 unspecified atom stereocenters. The molecule has 0 radical (unpaired) electrons. The number of carbonyl (C=O) groups is 1. The number of rotatable bonds is 1. The molecule has 2 heterocycles. The van der Waals surface area contributed by atoms with Gasteiger partial charge in [0.2, 0.25) is 5.95 Å². The van der Waals surface area contributed by atoms with Crippen molar-refractivity contribution in [1.82, 2.24) is 14.7 Å². The summed E-state index contributed by atoms with van der Waals surface area (Å²) in [6.07, 6.45) is 2.62. The molecule has 20 heavy (non-hydrogen) atoms. The van der Waals surface area contributed by atoms with E-state index < -0.39 is 5.60 Å². The molecule has 1 aromatic heterocycles. The van der Waals surface area contributed by atoms with E-state index >= 15 is 0 Å².